The molecule has 3 saturated carbocycles. The molecule has 0 N–H and O–H groups in total. The fourth-order valence-corrected chi connectivity index (χ4v) is 5.77. The first-order valence-electron chi connectivity index (χ1n) is 8.18. The molecular weight excluding hydrogens is 216 g/mol. The Morgan fingerprint density at radius 1 is 0.611 bits per heavy atom. The van der Waals surface area contributed by atoms with Gasteiger partial charge in [0.15, 0.2) is 0 Å². The second-order valence-electron chi connectivity index (χ2n) is 9.73. The molecule has 0 aromatic heterocycles. The van der Waals surface area contributed by atoms with Crippen LogP contribution in [0.3, 0.4) is 0 Å². The lowest BCUT2D eigenvalue weighted by molar-refractivity contribution is 0.0953. The summed E-state index contributed by atoms with van der Waals surface area (Å²) in [5, 5.41) is 0. The van der Waals surface area contributed by atoms with Crippen molar-refractivity contribution in [3.05, 3.63) is 0 Å². The van der Waals surface area contributed by atoms with Gasteiger partial charge in [0, 0.05) is 0 Å². The average Bonchev–Trinajstić information content (AvgIpc) is 2.85. The smallest absolute Gasteiger partial charge is 0.0331 e. The topological polar surface area (TPSA) is 0 Å². The van der Waals surface area contributed by atoms with Crippen LogP contribution in [0, 0.1) is 46.3 Å². The Kier molecular flexibility index (Phi) is 2.72. The summed E-state index contributed by atoms with van der Waals surface area (Å²) < 4.78 is 0. The molecule has 6 atom stereocenters. The molecule has 0 aliphatic heterocycles. The maximum absolute atomic E-state index is 2.48. The fourth-order valence-electron chi connectivity index (χ4n) is 5.77. The molecule has 0 amide bonds. The van der Waals surface area contributed by atoms with E-state index >= 15 is 0 Å². The van der Waals surface area contributed by atoms with Crippen LogP contribution in [-0.4, -0.2) is 0 Å². The van der Waals surface area contributed by atoms with Gasteiger partial charge in [-0.3, -0.25) is 0 Å². The van der Waals surface area contributed by atoms with E-state index < -0.39 is 0 Å². The Morgan fingerprint density at radius 2 is 1.22 bits per heavy atom. The molecule has 18 heavy (non-hydrogen) atoms. The molecule has 3 fully saturated rings. The lowest BCUT2D eigenvalue weighted by Gasteiger charge is -2.39. The van der Waals surface area contributed by atoms with Crippen molar-refractivity contribution in [3.8, 4) is 0 Å². The minimum Gasteiger partial charge on any atom is -0.0599 e. The number of hydrogen-bond acceptors (Lipinski definition) is 0. The van der Waals surface area contributed by atoms with E-state index in [0.717, 1.165) is 35.5 Å². The number of rotatable bonds is 0. The first-order valence-corrected chi connectivity index (χ1v) is 8.18. The third-order valence-electron chi connectivity index (χ3n) is 6.80. The molecule has 0 radical (unpaired) electrons. The summed E-state index contributed by atoms with van der Waals surface area (Å²) in [4.78, 5) is 0. The minimum atomic E-state index is 0.543. The van der Waals surface area contributed by atoms with Crippen molar-refractivity contribution in [1.29, 1.82) is 0 Å². The largest absolute Gasteiger partial charge is 0.0599 e. The van der Waals surface area contributed by atoms with Gasteiger partial charge in [-0.15, -0.1) is 0 Å². The quantitative estimate of drug-likeness (QED) is 0.540. The van der Waals surface area contributed by atoms with Crippen LogP contribution < -0.4 is 0 Å². The van der Waals surface area contributed by atoms with Gasteiger partial charge in [0.1, 0.15) is 0 Å². The molecule has 0 aromatic carbocycles. The van der Waals surface area contributed by atoms with Crippen LogP contribution >= 0.6 is 0 Å². The summed E-state index contributed by atoms with van der Waals surface area (Å²) >= 11 is 0. The van der Waals surface area contributed by atoms with Gasteiger partial charge >= 0.3 is 0 Å². The van der Waals surface area contributed by atoms with Gasteiger partial charge in [-0.1, -0.05) is 41.5 Å². The van der Waals surface area contributed by atoms with E-state index in [-0.39, 0.29) is 0 Å². The Bertz CT molecular complexity index is 327. The second kappa shape index (κ2) is 3.76. The van der Waals surface area contributed by atoms with Crippen LogP contribution in [-0.2, 0) is 0 Å². The highest BCUT2D eigenvalue weighted by molar-refractivity contribution is 5.07. The zero-order valence-electron chi connectivity index (χ0n) is 13.3. The Hall–Kier alpha value is 0. The standard InChI is InChI=1S/C18H32/c1-17(2,3)12-9-13-11-7-15(14(13)10-12)16(8-11)18(4,5)6/h11-16H,7-10H2,1-6H3. The fraction of sp³-hybridized carbons (Fsp3) is 1.00. The first kappa shape index (κ1) is 13.0. The van der Waals surface area contributed by atoms with Gasteiger partial charge in [-0.2, -0.15) is 0 Å². The summed E-state index contributed by atoms with van der Waals surface area (Å²) in [5.41, 5.74) is 1.09. The molecule has 3 aliphatic rings. The maximum atomic E-state index is 2.48. The molecule has 0 nitrogen and oxygen atoms in total. The van der Waals surface area contributed by atoms with E-state index in [0.29, 0.717) is 10.8 Å². The molecule has 2 bridgehead atoms. The SMILES string of the molecule is CC(C)(C)C1CC2C3CC(C2C1)C(C(C)(C)C)C3. The molecule has 0 spiro atoms. The van der Waals surface area contributed by atoms with Gasteiger partial charge < -0.3 is 0 Å². The van der Waals surface area contributed by atoms with Gasteiger partial charge in [-0.05, 0) is 72.0 Å². The van der Waals surface area contributed by atoms with Crippen molar-refractivity contribution in [2.24, 2.45) is 46.3 Å². The molecule has 3 rings (SSSR count). The number of fused-ring (bicyclic) bond motifs is 5. The molecule has 0 saturated heterocycles. The lowest BCUT2D eigenvalue weighted by Crippen LogP contribution is -2.32. The summed E-state index contributed by atoms with van der Waals surface area (Å²) in [6.07, 6.45) is 6.22. The van der Waals surface area contributed by atoms with Gasteiger partial charge in [-0.25, -0.2) is 0 Å². The van der Waals surface area contributed by atoms with E-state index in [2.05, 4.69) is 41.5 Å². The van der Waals surface area contributed by atoms with Crippen LogP contribution in [0.4, 0.5) is 0 Å². The van der Waals surface area contributed by atoms with E-state index in [1.54, 1.807) is 25.7 Å². The Labute approximate surface area is 114 Å². The summed E-state index contributed by atoms with van der Waals surface area (Å²) in [6, 6.07) is 0. The molecule has 104 valence electrons. The van der Waals surface area contributed by atoms with Crippen molar-refractivity contribution in [3.63, 3.8) is 0 Å². The monoisotopic (exact) mass is 248 g/mol. The lowest BCUT2D eigenvalue weighted by atomic mass is 9.66. The average molecular weight is 248 g/mol. The van der Waals surface area contributed by atoms with Gasteiger partial charge in [0.2, 0.25) is 0 Å². The second-order valence-corrected chi connectivity index (χ2v) is 9.73. The van der Waals surface area contributed by atoms with Crippen molar-refractivity contribution >= 4 is 0 Å². The highest BCUT2D eigenvalue weighted by Gasteiger charge is 2.58. The summed E-state index contributed by atoms with van der Waals surface area (Å²) in [5.74, 6) is 6.39. The van der Waals surface area contributed by atoms with Crippen LogP contribution in [0.5, 0.6) is 0 Å². The van der Waals surface area contributed by atoms with E-state index in [9.17, 15) is 0 Å². The van der Waals surface area contributed by atoms with Crippen LogP contribution in [0.1, 0.15) is 67.2 Å². The normalized spacial score (nSPS) is 47.7. The molecular formula is C18H32. The predicted octanol–water partition coefficient (Wildman–Crippen LogP) is 5.38. The molecule has 6 unspecified atom stereocenters. The highest BCUT2D eigenvalue weighted by Crippen LogP contribution is 2.66. The minimum absolute atomic E-state index is 0.543. The van der Waals surface area contributed by atoms with Crippen LogP contribution in [0.2, 0.25) is 0 Å². The molecule has 0 aromatic rings. The van der Waals surface area contributed by atoms with Crippen molar-refractivity contribution in [2.45, 2.75) is 67.2 Å². The summed E-state index contributed by atoms with van der Waals surface area (Å²) in [7, 11) is 0. The van der Waals surface area contributed by atoms with Crippen molar-refractivity contribution in [1.82, 2.24) is 0 Å². The summed E-state index contributed by atoms with van der Waals surface area (Å²) in [6.45, 7) is 14.8. The van der Waals surface area contributed by atoms with Crippen LogP contribution in [0.15, 0.2) is 0 Å². The van der Waals surface area contributed by atoms with E-state index in [1.807, 2.05) is 0 Å². The maximum Gasteiger partial charge on any atom is -0.0331 e. The Balaban J connectivity index is 1.77. The highest BCUT2D eigenvalue weighted by atomic mass is 14.6. The number of hydrogen-bond donors (Lipinski definition) is 0. The Morgan fingerprint density at radius 3 is 1.78 bits per heavy atom. The van der Waals surface area contributed by atoms with Crippen molar-refractivity contribution in [2.75, 3.05) is 0 Å². The van der Waals surface area contributed by atoms with Gasteiger partial charge in [0.25, 0.3) is 0 Å². The van der Waals surface area contributed by atoms with E-state index in [4.69, 9.17) is 0 Å². The molecule has 0 heteroatoms. The first-order chi connectivity index (χ1) is 8.18. The van der Waals surface area contributed by atoms with Gasteiger partial charge in [0.05, 0.1) is 0 Å². The van der Waals surface area contributed by atoms with Crippen LogP contribution in [0.25, 0.3) is 0 Å². The zero-order chi connectivity index (χ0) is 13.3. The molecule has 0 heterocycles. The third-order valence-corrected chi connectivity index (χ3v) is 6.80. The van der Waals surface area contributed by atoms with E-state index in [1.165, 1.54) is 0 Å². The van der Waals surface area contributed by atoms with Crippen molar-refractivity contribution < 1.29 is 0 Å². The molecule has 3 aliphatic carbocycles. The predicted molar refractivity (Wildman–Crippen MR) is 78.3 cm³/mol. The third kappa shape index (κ3) is 1.86. The zero-order valence-corrected chi connectivity index (χ0v) is 13.3.